The molecule has 3 rings (SSSR count). The summed E-state index contributed by atoms with van der Waals surface area (Å²) in [6, 6.07) is 22.0. The molecular weight excluding hydrogens is 350 g/mol. The van der Waals surface area contributed by atoms with Crippen LogP contribution < -0.4 is 4.90 Å². The topological polar surface area (TPSA) is 68.4 Å². The zero-order chi connectivity index (χ0) is 19.9. The quantitative estimate of drug-likeness (QED) is 0.629. The summed E-state index contributed by atoms with van der Waals surface area (Å²) in [5.74, 6) is 0.329. The first-order valence-electron chi connectivity index (χ1n) is 8.94. The molecule has 5 heteroatoms. The fourth-order valence-electron chi connectivity index (χ4n) is 2.65. The molecule has 0 fully saturated rings. The molecule has 0 unspecified atom stereocenters. The first kappa shape index (κ1) is 19.2. The van der Waals surface area contributed by atoms with E-state index in [1.807, 2.05) is 55.4 Å². The predicted molar refractivity (Wildman–Crippen MR) is 115 cm³/mol. The van der Waals surface area contributed by atoms with Crippen LogP contribution in [0.1, 0.15) is 22.9 Å². The van der Waals surface area contributed by atoms with Crippen molar-refractivity contribution in [3.63, 3.8) is 0 Å². The van der Waals surface area contributed by atoms with Gasteiger partial charge in [0, 0.05) is 43.3 Å². The van der Waals surface area contributed by atoms with Crippen molar-refractivity contribution in [1.29, 1.82) is 0 Å². The molecule has 0 aliphatic rings. The van der Waals surface area contributed by atoms with Gasteiger partial charge in [0.25, 0.3) is 0 Å². The van der Waals surface area contributed by atoms with E-state index in [1.54, 1.807) is 48.8 Å². The number of aromatic hydroxyl groups is 2. The van der Waals surface area contributed by atoms with Crippen molar-refractivity contribution in [2.45, 2.75) is 6.17 Å². The number of phenolic OH excluding ortho intramolecular Hbond substituents is 2. The Morgan fingerprint density at radius 2 is 1.18 bits per heavy atom. The molecule has 0 saturated carbocycles. The van der Waals surface area contributed by atoms with Crippen molar-refractivity contribution in [1.82, 2.24) is 0 Å². The SMILES string of the molecule is CN(C)c1ccc(C(/N=C/c2ccccc2O)/N=C/c2ccccc2O)cc1. The summed E-state index contributed by atoms with van der Waals surface area (Å²) in [7, 11) is 3.97. The van der Waals surface area contributed by atoms with Gasteiger partial charge in [-0.3, -0.25) is 9.98 Å². The average molecular weight is 373 g/mol. The predicted octanol–water partition coefficient (Wildman–Crippen LogP) is 4.40. The van der Waals surface area contributed by atoms with Gasteiger partial charge >= 0.3 is 0 Å². The highest BCUT2D eigenvalue weighted by molar-refractivity contribution is 5.85. The van der Waals surface area contributed by atoms with Crippen molar-refractivity contribution < 1.29 is 10.2 Å². The van der Waals surface area contributed by atoms with Gasteiger partial charge in [-0.1, -0.05) is 36.4 Å². The highest BCUT2D eigenvalue weighted by Crippen LogP contribution is 2.24. The second-order valence-corrected chi connectivity index (χ2v) is 6.53. The van der Waals surface area contributed by atoms with Crippen LogP contribution in [0, 0.1) is 0 Å². The Labute approximate surface area is 165 Å². The Kier molecular flexibility index (Phi) is 6.07. The largest absolute Gasteiger partial charge is 0.507 e. The molecule has 2 N–H and O–H groups in total. The maximum atomic E-state index is 9.97. The Hall–Kier alpha value is -3.60. The van der Waals surface area contributed by atoms with Crippen molar-refractivity contribution in [2.75, 3.05) is 19.0 Å². The van der Waals surface area contributed by atoms with Crippen LogP contribution >= 0.6 is 0 Å². The van der Waals surface area contributed by atoms with Crippen LogP contribution in [0.2, 0.25) is 0 Å². The van der Waals surface area contributed by atoms with E-state index in [9.17, 15) is 10.2 Å². The molecule has 3 aromatic rings. The van der Waals surface area contributed by atoms with Crippen LogP contribution in [0.5, 0.6) is 11.5 Å². The van der Waals surface area contributed by atoms with E-state index in [0.717, 1.165) is 11.3 Å². The lowest BCUT2D eigenvalue weighted by molar-refractivity contribution is 0.474. The van der Waals surface area contributed by atoms with Gasteiger partial charge in [0.05, 0.1) is 0 Å². The van der Waals surface area contributed by atoms with Crippen molar-refractivity contribution in [3.05, 3.63) is 89.5 Å². The fourth-order valence-corrected chi connectivity index (χ4v) is 2.65. The first-order chi connectivity index (χ1) is 13.5. The van der Waals surface area contributed by atoms with E-state index in [2.05, 4.69) is 9.98 Å². The lowest BCUT2D eigenvalue weighted by atomic mass is 10.1. The van der Waals surface area contributed by atoms with Gasteiger partial charge in [-0.2, -0.15) is 0 Å². The number of rotatable bonds is 6. The van der Waals surface area contributed by atoms with Crippen LogP contribution in [0.3, 0.4) is 0 Å². The van der Waals surface area contributed by atoms with E-state index in [1.165, 1.54) is 0 Å². The van der Waals surface area contributed by atoms with Crippen LogP contribution in [0.4, 0.5) is 5.69 Å². The number of nitrogens with zero attached hydrogens (tertiary/aromatic N) is 3. The number of phenols is 2. The lowest BCUT2D eigenvalue weighted by Crippen LogP contribution is -2.08. The van der Waals surface area contributed by atoms with E-state index >= 15 is 0 Å². The van der Waals surface area contributed by atoms with E-state index < -0.39 is 6.17 Å². The molecule has 0 aromatic heterocycles. The molecule has 0 heterocycles. The number of anilines is 1. The molecule has 0 amide bonds. The Morgan fingerprint density at radius 3 is 1.61 bits per heavy atom. The molecule has 0 atom stereocenters. The summed E-state index contributed by atoms with van der Waals surface area (Å²) in [5.41, 5.74) is 3.23. The van der Waals surface area contributed by atoms with Gasteiger partial charge in [-0.15, -0.1) is 0 Å². The van der Waals surface area contributed by atoms with Crippen LogP contribution in [0.15, 0.2) is 82.8 Å². The van der Waals surface area contributed by atoms with Gasteiger partial charge in [-0.25, -0.2) is 0 Å². The molecule has 0 radical (unpaired) electrons. The van der Waals surface area contributed by atoms with Gasteiger partial charge in [0.1, 0.15) is 11.5 Å². The number of para-hydroxylation sites is 2. The molecule has 142 valence electrons. The number of hydrogen-bond acceptors (Lipinski definition) is 5. The summed E-state index contributed by atoms with van der Waals surface area (Å²) in [6.07, 6.45) is 2.72. The third-order valence-corrected chi connectivity index (χ3v) is 4.29. The third-order valence-electron chi connectivity index (χ3n) is 4.29. The van der Waals surface area contributed by atoms with Crippen molar-refractivity contribution >= 4 is 18.1 Å². The Morgan fingerprint density at radius 1 is 0.714 bits per heavy atom. The Bertz CT molecular complexity index is 924. The van der Waals surface area contributed by atoms with Crippen LogP contribution in [0.25, 0.3) is 0 Å². The number of hydrogen-bond donors (Lipinski definition) is 2. The van der Waals surface area contributed by atoms with Crippen molar-refractivity contribution in [2.24, 2.45) is 9.98 Å². The maximum absolute atomic E-state index is 9.97. The maximum Gasteiger partial charge on any atom is 0.165 e. The molecule has 5 nitrogen and oxygen atoms in total. The minimum atomic E-state index is -0.504. The fraction of sp³-hybridized carbons (Fsp3) is 0.130. The van der Waals surface area contributed by atoms with Crippen LogP contribution in [-0.4, -0.2) is 36.7 Å². The van der Waals surface area contributed by atoms with Crippen molar-refractivity contribution in [3.8, 4) is 11.5 Å². The molecule has 0 saturated heterocycles. The minimum Gasteiger partial charge on any atom is -0.507 e. The van der Waals surface area contributed by atoms with E-state index in [0.29, 0.717) is 11.1 Å². The number of benzene rings is 3. The summed E-state index contributed by atoms with van der Waals surface area (Å²) in [4.78, 5) is 11.2. The smallest absolute Gasteiger partial charge is 0.165 e. The second kappa shape index (κ2) is 8.86. The molecular formula is C23H23N3O2. The molecule has 3 aromatic carbocycles. The Balaban J connectivity index is 1.93. The minimum absolute atomic E-state index is 0.164. The molecule has 0 aliphatic heterocycles. The molecule has 28 heavy (non-hydrogen) atoms. The summed E-state index contributed by atoms with van der Waals surface area (Å²) >= 11 is 0. The molecule has 0 aliphatic carbocycles. The monoisotopic (exact) mass is 373 g/mol. The highest BCUT2D eigenvalue weighted by Gasteiger charge is 2.09. The average Bonchev–Trinajstić information content (AvgIpc) is 2.70. The number of aliphatic imine (C=N–C) groups is 2. The lowest BCUT2D eigenvalue weighted by Gasteiger charge is -2.14. The normalized spacial score (nSPS) is 11.5. The highest BCUT2D eigenvalue weighted by atomic mass is 16.3. The van der Waals surface area contributed by atoms with E-state index in [4.69, 9.17) is 0 Å². The summed E-state index contributed by atoms with van der Waals surface area (Å²) in [5, 5.41) is 19.9. The van der Waals surface area contributed by atoms with Gasteiger partial charge in [0.2, 0.25) is 0 Å². The first-order valence-corrected chi connectivity index (χ1v) is 8.94. The standard InChI is InChI=1S/C23H23N3O2/c1-26(2)20-13-11-17(12-14-20)23(24-15-18-7-3-5-9-21(18)27)25-16-19-8-4-6-10-22(19)28/h3-16,23,27-28H,1-2H3/b24-15+,25-16+. The summed E-state index contributed by atoms with van der Waals surface area (Å²) in [6.45, 7) is 0. The zero-order valence-electron chi connectivity index (χ0n) is 15.9. The van der Waals surface area contributed by atoms with Gasteiger partial charge < -0.3 is 15.1 Å². The van der Waals surface area contributed by atoms with E-state index in [-0.39, 0.29) is 11.5 Å². The molecule has 0 bridgehead atoms. The zero-order valence-corrected chi connectivity index (χ0v) is 15.9. The third kappa shape index (κ3) is 4.76. The van der Waals surface area contributed by atoms with Crippen LogP contribution in [-0.2, 0) is 0 Å². The van der Waals surface area contributed by atoms with Gasteiger partial charge in [-0.05, 0) is 42.0 Å². The molecule has 0 spiro atoms. The van der Waals surface area contributed by atoms with Gasteiger partial charge in [0.15, 0.2) is 6.17 Å². The second-order valence-electron chi connectivity index (χ2n) is 6.53. The summed E-state index contributed by atoms with van der Waals surface area (Å²) < 4.78 is 0.